The summed E-state index contributed by atoms with van der Waals surface area (Å²) in [6.45, 7) is 5.77. The third kappa shape index (κ3) is 1.60. The Balaban J connectivity index is 2.73. The van der Waals surface area contributed by atoms with Crippen molar-refractivity contribution < 1.29 is 9.26 Å². The molecule has 0 aliphatic heterocycles. The van der Waals surface area contributed by atoms with E-state index in [9.17, 15) is 4.79 Å². The van der Waals surface area contributed by atoms with Crippen molar-refractivity contribution in [2.45, 2.75) is 26.3 Å². The molecule has 0 amide bonds. The van der Waals surface area contributed by atoms with E-state index in [1.165, 1.54) is 4.74 Å². The van der Waals surface area contributed by atoms with Gasteiger partial charge in [0.25, 0.3) is 5.56 Å². The molecule has 1 aromatic carbocycles. The molecule has 0 aliphatic carbocycles. The number of ether oxygens (including phenoxy) is 1. The maximum Gasteiger partial charge on any atom is 0.290 e. The minimum atomic E-state index is -0.358. The van der Waals surface area contributed by atoms with Crippen molar-refractivity contribution in [3.63, 3.8) is 0 Å². The molecule has 0 spiro atoms. The number of hydrogen-bond donors (Lipinski definition) is 0. The smallest absolute Gasteiger partial charge is 0.290 e. The van der Waals surface area contributed by atoms with Gasteiger partial charge in [-0.1, -0.05) is 0 Å². The molecule has 0 bridgehead atoms. The zero-order valence-corrected chi connectivity index (χ0v) is 9.90. The highest BCUT2D eigenvalue weighted by Crippen LogP contribution is 2.21. The van der Waals surface area contributed by atoms with Crippen molar-refractivity contribution >= 4 is 11.0 Å². The van der Waals surface area contributed by atoms with Crippen LogP contribution in [0.5, 0.6) is 5.75 Å². The third-order valence-electron chi connectivity index (χ3n) is 2.40. The monoisotopic (exact) mass is 221 g/mol. The van der Waals surface area contributed by atoms with Gasteiger partial charge in [-0.3, -0.25) is 4.79 Å². The Morgan fingerprint density at radius 1 is 1.31 bits per heavy atom. The van der Waals surface area contributed by atoms with Gasteiger partial charge in [0.2, 0.25) is 0 Å². The standard InChI is InChI=1S/C12H15NO3/c1-12(2,3)13-11(14)9-6-5-8(15-4)7-10(9)16-13/h5-7H,1-4H3. The third-order valence-corrected chi connectivity index (χ3v) is 2.40. The van der Waals surface area contributed by atoms with Crippen molar-refractivity contribution in [2.75, 3.05) is 7.11 Å². The van der Waals surface area contributed by atoms with Gasteiger partial charge < -0.3 is 9.26 Å². The van der Waals surface area contributed by atoms with Crippen LogP contribution in [0.3, 0.4) is 0 Å². The number of aromatic nitrogens is 1. The largest absolute Gasteiger partial charge is 0.497 e. The molecule has 2 rings (SSSR count). The van der Waals surface area contributed by atoms with Crippen molar-refractivity contribution in [1.82, 2.24) is 4.74 Å². The second-order valence-electron chi connectivity index (χ2n) is 4.72. The summed E-state index contributed by atoms with van der Waals surface area (Å²) in [5.74, 6) is 0.683. The van der Waals surface area contributed by atoms with Crippen LogP contribution in [0.25, 0.3) is 11.0 Å². The van der Waals surface area contributed by atoms with E-state index in [-0.39, 0.29) is 11.1 Å². The normalized spacial score (nSPS) is 12.0. The number of benzene rings is 1. The van der Waals surface area contributed by atoms with Crippen molar-refractivity contribution in [1.29, 1.82) is 0 Å². The Labute approximate surface area is 93.4 Å². The zero-order chi connectivity index (χ0) is 11.9. The molecule has 1 heterocycles. The maximum atomic E-state index is 12.0. The molecule has 0 radical (unpaired) electrons. The first-order chi connectivity index (χ1) is 7.43. The SMILES string of the molecule is COc1ccc2c(=O)n(C(C)(C)C)oc2c1. The fourth-order valence-electron chi connectivity index (χ4n) is 1.57. The highest BCUT2D eigenvalue weighted by Gasteiger charge is 2.20. The van der Waals surface area contributed by atoms with Crippen LogP contribution in [0.2, 0.25) is 0 Å². The lowest BCUT2D eigenvalue weighted by Gasteiger charge is -2.16. The molecule has 0 saturated heterocycles. The fourth-order valence-corrected chi connectivity index (χ4v) is 1.57. The van der Waals surface area contributed by atoms with Gasteiger partial charge in [-0.05, 0) is 32.9 Å². The van der Waals surface area contributed by atoms with E-state index in [4.69, 9.17) is 9.26 Å². The van der Waals surface area contributed by atoms with E-state index >= 15 is 0 Å². The first-order valence-corrected chi connectivity index (χ1v) is 5.14. The van der Waals surface area contributed by atoms with Crippen molar-refractivity contribution in [3.8, 4) is 5.75 Å². The van der Waals surface area contributed by atoms with Crippen molar-refractivity contribution in [2.24, 2.45) is 0 Å². The summed E-state index contributed by atoms with van der Waals surface area (Å²) in [5, 5.41) is 0.579. The lowest BCUT2D eigenvalue weighted by atomic mass is 10.1. The van der Waals surface area contributed by atoms with Gasteiger partial charge in [0.15, 0.2) is 5.58 Å². The highest BCUT2D eigenvalue weighted by atomic mass is 16.5. The quantitative estimate of drug-likeness (QED) is 0.742. The molecule has 0 aliphatic rings. The van der Waals surface area contributed by atoms with E-state index in [1.807, 2.05) is 20.8 Å². The molecular weight excluding hydrogens is 206 g/mol. The molecule has 0 atom stereocenters. The molecule has 0 fully saturated rings. The van der Waals surface area contributed by atoms with Crippen LogP contribution in [0, 0.1) is 0 Å². The Morgan fingerprint density at radius 2 is 2.00 bits per heavy atom. The van der Waals surface area contributed by atoms with E-state index in [1.54, 1.807) is 25.3 Å². The fraction of sp³-hybridized carbons (Fsp3) is 0.417. The molecule has 86 valence electrons. The molecule has 4 heteroatoms. The van der Waals surface area contributed by atoms with Crippen LogP contribution >= 0.6 is 0 Å². The molecular formula is C12H15NO3. The zero-order valence-electron chi connectivity index (χ0n) is 9.90. The van der Waals surface area contributed by atoms with Crippen LogP contribution in [-0.2, 0) is 5.54 Å². The van der Waals surface area contributed by atoms with Crippen LogP contribution in [0.15, 0.2) is 27.5 Å². The summed E-state index contributed by atoms with van der Waals surface area (Å²) >= 11 is 0. The Morgan fingerprint density at radius 3 is 2.56 bits per heavy atom. The number of fused-ring (bicyclic) bond motifs is 1. The minimum Gasteiger partial charge on any atom is -0.497 e. The second kappa shape index (κ2) is 3.40. The number of rotatable bonds is 1. The van der Waals surface area contributed by atoms with Gasteiger partial charge in [0.1, 0.15) is 5.75 Å². The van der Waals surface area contributed by atoms with Crippen LogP contribution < -0.4 is 10.3 Å². The first-order valence-electron chi connectivity index (χ1n) is 5.14. The van der Waals surface area contributed by atoms with E-state index in [0.29, 0.717) is 16.7 Å². The van der Waals surface area contributed by atoms with Crippen molar-refractivity contribution in [3.05, 3.63) is 28.6 Å². The summed E-state index contributed by atoms with van der Waals surface area (Å²) in [7, 11) is 1.58. The average molecular weight is 221 g/mol. The highest BCUT2D eigenvalue weighted by molar-refractivity contribution is 5.77. The van der Waals surface area contributed by atoms with E-state index < -0.39 is 0 Å². The Hall–Kier alpha value is -1.71. The Kier molecular flexibility index (Phi) is 2.30. The van der Waals surface area contributed by atoms with Crippen LogP contribution in [-0.4, -0.2) is 11.8 Å². The average Bonchev–Trinajstić information content (AvgIpc) is 2.55. The molecule has 4 nitrogen and oxygen atoms in total. The topological polar surface area (TPSA) is 44.4 Å². The first kappa shape index (κ1) is 10.8. The van der Waals surface area contributed by atoms with Crippen LogP contribution in [0.1, 0.15) is 20.8 Å². The lowest BCUT2D eigenvalue weighted by molar-refractivity contribution is 0.171. The maximum absolute atomic E-state index is 12.0. The molecule has 2 aromatic rings. The summed E-state index contributed by atoms with van der Waals surface area (Å²) in [4.78, 5) is 12.0. The van der Waals surface area contributed by atoms with Crippen LogP contribution in [0.4, 0.5) is 0 Å². The molecule has 0 N–H and O–H groups in total. The van der Waals surface area contributed by atoms with E-state index in [2.05, 4.69) is 0 Å². The summed E-state index contributed by atoms with van der Waals surface area (Å²) in [5.41, 5.74) is 0.0907. The molecule has 1 aromatic heterocycles. The van der Waals surface area contributed by atoms with Gasteiger partial charge in [-0.2, -0.15) is 4.74 Å². The van der Waals surface area contributed by atoms with Gasteiger partial charge >= 0.3 is 0 Å². The number of nitrogens with zero attached hydrogens (tertiary/aromatic N) is 1. The summed E-state index contributed by atoms with van der Waals surface area (Å²) < 4.78 is 12.0. The Bertz CT molecular complexity index is 572. The molecule has 16 heavy (non-hydrogen) atoms. The molecule has 0 saturated carbocycles. The predicted octanol–water partition coefficient (Wildman–Crippen LogP) is 2.36. The number of methoxy groups -OCH3 is 1. The predicted molar refractivity (Wildman–Crippen MR) is 62.0 cm³/mol. The summed E-state index contributed by atoms with van der Waals surface area (Å²) in [6.07, 6.45) is 0. The number of hydrogen-bond acceptors (Lipinski definition) is 3. The van der Waals surface area contributed by atoms with E-state index in [0.717, 1.165) is 0 Å². The summed E-state index contributed by atoms with van der Waals surface area (Å²) in [6, 6.07) is 5.20. The van der Waals surface area contributed by atoms with Gasteiger partial charge in [0.05, 0.1) is 18.0 Å². The van der Waals surface area contributed by atoms with Gasteiger partial charge in [-0.25, -0.2) is 0 Å². The van der Waals surface area contributed by atoms with Gasteiger partial charge in [-0.15, -0.1) is 0 Å². The second-order valence-corrected chi connectivity index (χ2v) is 4.72. The van der Waals surface area contributed by atoms with Gasteiger partial charge in [0, 0.05) is 6.07 Å². The molecule has 0 unspecified atom stereocenters. The minimum absolute atomic E-state index is 0.106. The lowest BCUT2D eigenvalue weighted by Crippen LogP contribution is -2.30.